The number of carbonyl (C=O) groups excluding carboxylic acids is 1. The number of benzene rings is 1. The number of nitrogens with zero attached hydrogens (tertiary/aromatic N) is 2. The Morgan fingerprint density at radius 1 is 1.31 bits per heavy atom. The van der Waals surface area contributed by atoms with Crippen molar-refractivity contribution in [3.05, 3.63) is 66.1 Å². The number of thioether (sulfide) groups is 1. The number of aromatic nitrogens is 2. The molecule has 0 aliphatic heterocycles. The molecule has 0 saturated carbocycles. The number of pyridine rings is 2. The standard InChI is InChI=1S/C20H17N3O2S/c1-3-14-10-15-11-17(7-8-18(15)22-12-14)25-20(26-2)19(24)23-13-16-6-4-5-9-21-16/h1,4-12,20H,13H2,2H3,(H,23,24). The lowest BCUT2D eigenvalue weighted by Gasteiger charge is -2.17. The Hall–Kier alpha value is -3.04. The number of carbonyl (C=O) groups is 1. The van der Waals surface area contributed by atoms with Gasteiger partial charge in [0, 0.05) is 23.3 Å². The highest BCUT2D eigenvalue weighted by Crippen LogP contribution is 2.23. The minimum absolute atomic E-state index is 0.209. The van der Waals surface area contributed by atoms with Crippen molar-refractivity contribution in [1.82, 2.24) is 15.3 Å². The first-order valence-electron chi connectivity index (χ1n) is 7.93. The van der Waals surface area contributed by atoms with Gasteiger partial charge < -0.3 is 10.1 Å². The first-order chi connectivity index (χ1) is 12.7. The lowest BCUT2D eigenvalue weighted by molar-refractivity contribution is -0.124. The van der Waals surface area contributed by atoms with Crippen LogP contribution >= 0.6 is 11.8 Å². The number of rotatable bonds is 6. The van der Waals surface area contributed by atoms with Crippen LogP contribution in [0.5, 0.6) is 5.75 Å². The maximum atomic E-state index is 12.4. The fourth-order valence-corrected chi connectivity index (χ4v) is 2.86. The van der Waals surface area contributed by atoms with Gasteiger partial charge in [0.1, 0.15) is 5.75 Å². The van der Waals surface area contributed by atoms with Crippen molar-refractivity contribution >= 4 is 28.6 Å². The molecule has 0 spiro atoms. The Balaban J connectivity index is 1.69. The van der Waals surface area contributed by atoms with Crippen LogP contribution in [0.25, 0.3) is 10.9 Å². The van der Waals surface area contributed by atoms with Crippen molar-refractivity contribution in [1.29, 1.82) is 0 Å². The summed E-state index contributed by atoms with van der Waals surface area (Å²) < 4.78 is 5.85. The summed E-state index contributed by atoms with van der Waals surface area (Å²) in [5, 5.41) is 3.71. The summed E-state index contributed by atoms with van der Waals surface area (Å²) in [6, 6.07) is 12.9. The molecule has 5 nitrogen and oxygen atoms in total. The summed E-state index contributed by atoms with van der Waals surface area (Å²) in [5.74, 6) is 2.94. The third-order valence-electron chi connectivity index (χ3n) is 3.66. The van der Waals surface area contributed by atoms with Crippen LogP contribution in [0.15, 0.2) is 54.9 Å². The van der Waals surface area contributed by atoms with E-state index in [4.69, 9.17) is 11.2 Å². The summed E-state index contributed by atoms with van der Waals surface area (Å²) in [6.45, 7) is 0.354. The molecule has 0 aliphatic rings. The van der Waals surface area contributed by atoms with Crippen LogP contribution in [-0.2, 0) is 11.3 Å². The zero-order valence-corrected chi connectivity index (χ0v) is 15.0. The van der Waals surface area contributed by atoms with E-state index in [9.17, 15) is 4.79 Å². The minimum atomic E-state index is -0.667. The van der Waals surface area contributed by atoms with Gasteiger partial charge in [-0.25, -0.2) is 0 Å². The quantitative estimate of drug-likeness (QED) is 0.539. The van der Waals surface area contributed by atoms with E-state index < -0.39 is 5.44 Å². The van der Waals surface area contributed by atoms with Crippen LogP contribution in [0.4, 0.5) is 0 Å². The van der Waals surface area contributed by atoms with Crippen LogP contribution in [0.2, 0.25) is 0 Å². The average molecular weight is 363 g/mol. The van der Waals surface area contributed by atoms with Crippen LogP contribution in [-0.4, -0.2) is 27.6 Å². The van der Waals surface area contributed by atoms with Crippen molar-refractivity contribution in [3.8, 4) is 18.1 Å². The summed E-state index contributed by atoms with van der Waals surface area (Å²) >= 11 is 1.32. The van der Waals surface area contributed by atoms with Gasteiger partial charge in [-0.15, -0.1) is 18.2 Å². The molecule has 3 rings (SSSR count). The highest BCUT2D eigenvalue weighted by atomic mass is 32.2. The van der Waals surface area contributed by atoms with E-state index in [0.29, 0.717) is 17.9 Å². The molecule has 1 N–H and O–H groups in total. The summed E-state index contributed by atoms with van der Waals surface area (Å²) in [6.07, 6.45) is 10.6. The summed E-state index contributed by atoms with van der Waals surface area (Å²) in [7, 11) is 0. The third kappa shape index (κ3) is 4.32. The molecule has 1 amide bonds. The van der Waals surface area contributed by atoms with Gasteiger partial charge in [-0.05, 0) is 42.7 Å². The highest BCUT2D eigenvalue weighted by molar-refractivity contribution is 7.99. The molecule has 2 heterocycles. The van der Waals surface area contributed by atoms with Gasteiger partial charge in [0.25, 0.3) is 5.91 Å². The Morgan fingerprint density at radius 2 is 2.19 bits per heavy atom. The number of ether oxygens (including phenoxy) is 1. The zero-order chi connectivity index (χ0) is 18.4. The molecular formula is C20H17N3O2S. The molecule has 1 unspecified atom stereocenters. The molecule has 0 saturated heterocycles. The first-order valence-corrected chi connectivity index (χ1v) is 9.22. The monoisotopic (exact) mass is 363 g/mol. The molecule has 3 aromatic rings. The molecule has 26 heavy (non-hydrogen) atoms. The van der Waals surface area contributed by atoms with Gasteiger partial charge in [0.2, 0.25) is 5.44 Å². The van der Waals surface area contributed by atoms with E-state index in [-0.39, 0.29) is 5.91 Å². The topological polar surface area (TPSA) is 64.1 Å². The predicted octanol–water partition coefficient (Wildman–Crippen LogP) is 3.00. The smallest absolute Gasteiger partial charge is 0.272 e. The summed E-state index contributed by atoms with van der Waals surface area (Å²) in [4.78, 5) is 20.9. The summed E-state index contributed by atoms with van der Waals surface area (Å²) in [5.41, 5.74) is 1.64. The molecule has 130 valence electrons. The molecule has 6 heteroatoms. The van der Waals surface area contributed by atoms with Gasteiger partial charge in [0.05, 0.1) is 17.8 Å². The SMILES string of the molecule is C#Cc1cnc2ccc(OC(SC)C(=O)NCc3ccccn3)cc2c1. The zero-order valence-electron chi connectivity index (χ0n) is 14.2. The first kappa shape index (κ1) is 17.8. The molecule has 0 aliphatic carbocycles. The number of nitrogens with one attached hydrogen (secondary N) is 1. The number of hydrogen-bond acceptors (Lipinski definition) is 5. The van der Waals surface area contributed by atoms with E-state index in [2.05, 4.69) is 21.2 Å². The van der Waals surface area contributed by atoms with Crippen LogP contribution in [0.3, 0.4) is 0 Å². The maximum Gasteiger partial charge on any atom is 0.272 e. The lowest BCUT2D eigenvalue weighted by atomic mass is 10.1. The van der Waals surface area contributed by atoms with E-state index in [0.717, 1.165) is 16.6 Å². The largest absolute Gasteiger partial charge is 0.470 e. The predicted molar refractivity (Wildman–Crippen MR) is 104 cm³/mol. The number of fused-ring (bicyclic) bond motifs is 1. The van der Waals surface area contributed by atoms with E-state index in [1.165, 1.54) is 11.8 Å². The van der Waals surface area contributed by atoms with Gasteiger partial charge in [-0.1, -0.05) is 12.0 Å². The van der Waals surface area contributed by atoms with E-state index >= 15 is 0 Å². The molecule has 1 atom stereocenters. The lowest BCUT2D eigenvalue weighted by Crippen LogP contribution is -2.35. The number of hydrogen-bond donors (Lipinski definition) is 1. The second-order valence-corrected chi connectivity index (χ2v) is 6.35. The van der Waals surface area contributed by atoms with Crippen molar-refractivity contribution in [2.45, 2.75) is 12.0 Å². The van der Waals surface area contributed by atoms with Gasteiger partial charge in [-0.3, -0.25) is 14.8 Å². The second-order valence-electron chi connectivity index (χ2n) is 5.45. The van der Waals surface area contributed by atoms with Crippen molar-refractivity contribution < 1.29 is 9.53 Å². The Morgan fingerprint density at radius 3 is 2.92 bits per heavy atom. The number of amides is 1. The normalized spacial score (nSPS) is 11.5. The minimum Gasteiger partial charge on any atom is -0.470 e. The third-order valence-corrected chi connectivity index (χ3v) is 4.40. The Labute approximate surface area is 156 Å². The maximum absolute atomic E-state index is 12.4. The van der Waals surface area contributed by atoms with Crippen molar-refractivity contribution in [2.75, 3.05) is 6.26 Å². The molecular weight excluding hydrogens is 346 g/mol. The average Bonchev–Trinajstić information content (AvgIpc) is 2.70. The van der Waals surface area contributed by atoms with Crippen molar-refractivity contribution in [3.63, 3.8) is 0 Å². The van der Waals surface area contributed by atoms with Gasteiger partial charge in [0.15, 0.2) is 0 Å². The Kier molecular flexibility index (Phi) is 5.72. The molecule has 1 aromatic carbocycles. The van der Waals surface area contributed by atoms with Crippen LogP contribution < -0.4 is 10.1 Å². The fraction of sp³-hybridized carbons (Fsp3) is 0.150. The van der Waals surface area contributed by atoms with Crippen LogP contribution in [0, 0.1) is 12.3 Å². The van der Waals surface area contributed by atoms with Crippen LogP contribution in [0.1, 0.15) is 11.3 Å². The van der Waals surface area contributed by atoms with E-state index in [1.54, 1.807) is 18.5 Å². The molecule has 0 radical (unpaired) electrons. The van der Waals surface area contributed by atoms with Gasteiger partial charge >= 0.3 is 0 Å². The molecule has 0 fully saturated rings. The molecule has 2 aromatic heterocycles. The second kappa shape index (κ2) is 8.37. The Bertz CT molecular complexity index is 954. The fourth-order valence-electron chi connectivity index (χ4n) is 2.36. The van der Waals surface area contributed by atoms with Crippen molar-refractivity contribution in [2.24, 2.45) is 0 Å². The van der Waals surface area contributed by atoms with Gasteiger partial charge in [-0.2, -0.15) is 0 Å². The number of terminal acetylenes is 1. The molecule has 0 bridgehead atoms. The highest BCUT2D eigenvalue weighted by Gasteiger charge is 2.19. The van der Waals surface area contributed by atoms with E-state index in [1.807, 2.05) is 42.7 Å².